The van der Waals surface area contributed by atoms with E-state index in [-0.39, 0.29) is 5.54 Å². The molecule has 1 aliphatic carbocycles. The first-order valence-corrected chi connectivity index (χ1v) is 8.08. The molecule has 1 fully saturated rings. The van der Waals surface area contributed by atoms with E-state index >= 15 is 0 Å². The van der Waals surface area contributed by atoms with Crippen LogP contribution in [0, 0.1) is 11.8 Å². The van der Waals surface area contributed by atoms with Gasteiger partial charge in [0.05, 0.1) is 6.61 Å². The number of rotatable bonds is 5. The number of para-hydroxylation sites is 1. The van der Waals surface area contributed by atoms with Gasteiger partial charge in [0.25, 0.3) is 0 Å². The molecule has 0 spiro atoms. The van der Waals surface area contributed by atoms with Crippen molar-refractivity contribution in [2.45, 2.75) is 58.4 Å². The fourth-order valence-electron chi connectivity index (χ4n) is 3.31. The third-order valence-corrected chi connectivity index (χ3v) is 4.75. The highest BCUT2D eigenvalue weighted by Gasteiger charge is 2.35. The topological polar surface area (TPSA) is 35.2 Å². The van der Waals surface area contributed by atoms with E-state index in [4.69, 9.17) is 10.5 Å². The molecule has 0 radical (unpaired) electrons. The van der Waals surface area contributed by atoms with Crippen molar-refractivity contribution >= 4 is 0 Å². The molecule has 0 atom stereocenters. The molecule has 0 unspecified atom stereocenters. The van der Waals surface area contributed by atoms with Crippen molar-refractivity contribution in [1.29, 1.82) is 0 Å². The van der Waals surface area contributed by atoms with Crippen LogP contribution in [0.15, 0.2) is 24.3 Å². The number of nitrogens with two attached hydrogens (primary N) is 1. The van der Waals surface area contributed by atoms with E-state index < -0.39 is 0 Å². The fourth-order valence-corrected chi connectivity index (χ4v) is 3.31. The number of hydrogen-bond donors (Lipinski definition) is 1. The largest absolute Gasteiger partial charge is 0.493 e. The standard InChI is InChI=1S/C18H29NO/c1-4-13-20-17-8-6-5-7-16(17)18(19)11-9-15(10-12-18)14(2)3/h5-8,14-15H,4,9-13,19H2,1-3H3. The summed E-state index contributed by atoms with van der Waals surface area (Å²) in [7, 11) is 0. The third kappa shape index (κ3) is 3.35. The lowest BCUT2D eigenvalue weighted by molar-refractivity contribution is 0.190. The van der Waals surface area contributed by atoms with Crippen molar-refractivity contribution in [3.63, 3.8) is 0 Å². The lowest BCUT2D eigenvalue weighted by atomic mass is 9.70. The van der Waals surface area contributed by atoms with Crippen molar-refractivity contribution in [1.82, 2.24) is 0 Å². The Morgan fingerprint density at radius 3 is 2.50 bits per heavy atom. The highest BCUT2D eigenvalue weighted by molar-refractivity contribution is 5.39. The van der Waals surface area contributed by atoms with Crippen molar-refractivity contribution in [3.8, 4) is 5.75 Å². The van der Waals surface area contributed by atoms with Crippen molar-refractivity contribution in [2.24, 2.45) is 17.6 Å². The third-order valence-electron chi connectivity index (χ3n) is 4.75. The van der Waals surface area contributed by atoms with E-state index in [0.717, 1.165) is 43.5 Å². The molecule has 0 aromatic heterocycles. The molecule has 0 heterocycles. The predicted molar refractivity (Wildman–Crippen MR) is 84.9 cm³/mol. The Hall–Kier alpha value is -1.02. The Kier molecular flexibility index (Phi) is 5.09. The van der Waals surface area contributed by atoms with E-state index in [1.54, 1.807) is 0 Å². The number of ether oxygens (including phenoxy) is 1. The van der Waals surface area contributed by atoms with Crippen LogP contribution in [0.25, 0.3) is 0 Å². The molecule has 1 aliphatic rings. The van der Waals surface area contributed by atoms with Crippen LogP contribution in [-0.4, -0.2) is 6.61 Å². The summed E-state index contributed by atoms with van der Waals surface area (Å²) in [5.41, 5.74) is 7.74. The van der Waals surface area contributed by atoms with E-state index in [1.807, 2.05) is 6.07 Å². The van der Waals surface area contributed by atoms with Gasteiger partial charge in [-0.2, -0.15) is 0 Å². The molecule has 2 N–H and O–H groups in total. The van der Waals surface area contributed by atoms with Gasteiger partial charge in [0.2, 0.25) is 0 Å². The van der Waals surface area contributed by atoms with Gasteiger partial charge in [0, 0.05) is 11.1 Å². The zero-order chi connectivity index (χ0) is 14.6. The van der Waals surface area contributed by atoms with E-state index in [0.29, 0.717) is 0 Å². The quantitative estimate of drug-likeness (QED) is 0.860. The molecule has 0 saturated heterocycles. The Bertz CT molecular complexity index is 419. The molecular formula is C18H29NO. The average Bonchev–Trinajstić information content (AvgIpc) is 2.46. The number of hydrogen-bond acceptors (Lipinski definition) is 2. The lowest BCUT2D eigenvalue weighted by Gasteiger charge is -2.39. The van der Waals surface area contributed by atoms with Crippen molar-refractivity contribution in [2.75, 3.05) is 6.61 Å². The summed E-state index contributed by atoms with van der Waals surface area (Å²) >= 11 is 0. The highest BCUT2D eigenvalue weighted by atomic mass is 16.5. The molecule has 0 aliphatic heterocycles. The molecule has 1 aromatic rings. The minimum absolute atomic E-state index is 0.199. The summed E-state index contributed by atoms with van der Waals surface area (Å²) < 4.78 is 5.90. The monoisotopic (exact) mass is 275 g/mol. The van der Waals surface area contributed by atoms with Gasteiger partial charge in [-0.1, -0.05) is 39.0 Å². The van der Waals surface area contributed by atoms with Crippen LogP contribution in [0.5, 0.6) is 5.75 Å². The zero-order valence-corrected chi connectivity index (χ0v) is 13.2. The summed E-state index contributed by atoms with van der Waals surface area (Å²) in [6.45, 7) is 7.55. The maximum absolute atomic E-state index is 6.74. The zero-order valence-electron chi connectivity index (χ0n) is 13.2. The smallest absolute Gasteiger partial charge is 0.124 e. The molecule has 2 rings (SSSR count). The Morgan fingerprint density at radius 2 is 1.90 bits per heavy atom. The first-order chi connectivity index (χ1) is 9.57. The average molecular weight is 275 g/mol. The first kappa shape index (κ1) is 15.4. The van der Waals surface area contributed by atoms with Crippen LogP contribution in [0.3, 0.4) is 0 Å². The SMILES string of the molecule is CCCOc1ccccc1C1(N)CCC(C(C)C)CC1. The molecule has 112 valence electrons. The minimum Gasteiger partial charge on any atom is -0.493 e. The van der Waals surface area contributed by atoms with Crippen LogP contribution in [0.4, 0.5) is 0 Å². The Morgan fingerprint density at radius 1 is 1.25 bits per heavy atom. The van der Waals surface area contributed by atoms with Gasteiger partial charge in [-0.3, -0.25) is 0 Å². The van der Waals surface area contributed by atoms with Crippen LogP contribution < -0.4 is 10.5 Å². The molecule has 0 amide bonds. The normalized spacial score (nSPS) is 26.8. The van der Waals surface area contributed by atoms with Crippen LogP contribution in [0.2, 0.25) is 0 Å². The summed E-state index contributed by atoms with van der Waals surface area (Å²) in [5.74, 6) is 2.58. The van der Waals surface area contributed by atoms with Gasteiger partial charge in [-0.25, -0.2) is 0 Å². The predicted octanol–water partition coefficient (Wildman–Crippen LogP) is 4.48. The second-order valence-electron chi connectivity index (χ2n) is 6.58. The van der Waals surface area contributed by atoms with E-state index in [9.17, 15) is 0 Å². The molecular weight excluding hydrogens is 246 g/mol. The second kappa shape index (κ2) is 6.62. The van der Waals surface area contributed by atoms with E-state index in [2.05, 4.69) is 39.0 Å². The maximum Gasteiger partial charge on any atom is 0.124 e. The Labute approximate surface area is 123 Å². The molecule has 20 heavy (non-hydrogen) atoms. The minimum atomic E-state index is -0.199. The maximum atomic E-state index is 6.74. The van der Waals surface area contributed by atoms with Crippen LogP contribution in [0.1, 0.15) is 58.4 Å². The van der Waals surface area contributed by atoms with Gasteiger partial charge >= 0.3 is 0 Å². The van der Waals surface area contributed by atoms with Crippen LogP contribution in [-0.2, 0) is 5.54 Å². The van der Waals surface area contributed by atoms with Crippen molar-refractivity contribution in [3.05, 3.63) is 29.8 Å². The van der Waals surface area contributed by atoms with Crippen molar-refractivity contribution < 1.29 is 4.74 Å². The molecule has 1 saturated carbocycles. The summed E-state index contributed by atoms with van der Waals surface area (Å²) in [5, 5.41) is 0. The first-order valence-electron chi connectivity index (χ1n) is 8.08. The van der Waals surface area contributed by atoms with Gasteiger partial charge in [0.1, 0.15) is 5.75 Å². The van der Waals surface area contributed by atoms with Crippen LogP contribution >= 0.6 is 0 Å². The molecule has 2 nitrogen and oxygen atoms in total. The summed E-state index contributed by atoms with van der Waals surface area (Å²) in [6, 6.07) is 8.34. The van der Waals surface area contributed by atoms with Gasteiger partial charge in [-0.15, -0.1) is 0 Å². The fraction of sp³-hybridized carbons (Fsp3) is 0.667. The lowest BCUT2D eigenvalue weighted by Crippen LogP contribution is -2.41. The summed E-state index contributed by atoms with van der Waals surface area (Å²) in [4.78, 5) is 0. The van der Waals surface area contributed by atoms with E-state index in [1.165, 1.54) is 18.4 Å². The van der Waals surface area contributed by atoms with Gasteiger partial charge in [-0.05, 0) is 50.0 Å². The highest BCUT2D eigenvalue weighted by Crippen LogP contribution is 2.42. The molecule has 2 heteroatoms. The second-order valence-corrected chi connectivity index (χ2v) is 6.58. The molecule has 1 aromatic carbocycles. The number of benzene rings is 1. The summed E-state index contributed by atoms with van der Waals surface area (Å²) in [6.07, 6.45) is 5.64. The molecule has 0 bridgehead atoms. The van der Waals surface area contributed by atoms with Gasteiger partial charge < -0.3 is 10.5 Å². The Balaban J connectivity index is 2.14. The van der Waals surface area contributed by atoms with Gasteiger partial charge in [0.15, 0.2) is 0 Å².